The van der Waals surface area contributed by atoms with Gasteiger partial charge in [-0.25, -0.2) is 4.79 Å². The van der Waals surface area contributed by atoms with Crippen molar-refractivity contribution < 1.29 is 18.7 Å². The molecule has 170 valence electrons. The zero-order valence-corrected chi connectivity index (χ0v) is 21.3. The minimum absolute atomic E-state index is 0.0720. The third-order valence-corrected chi connectivity index (χ3v) is 7.14. The Balaban J connectivity index is 1.48. The fraction of sp³-hybridized carbons (Fsp3) is 0.143. The Labute approximate surface area is 210 Å². The van der Waals surface area contributed by atoms with Crippen LogP contribution in [0, 0.1) is 0 Å². The second-order valence-corrected chi connectivity index (χ2v) is 9.70. The average molecular weight is 568 g/mol. The van der Waals surface area contributed by atoms with Crippen LogP contribution in [0.1, 0.15) is 10.4 Å². The number of hydrogen-bond donors (Lipinski definition) is 1. The van der Waals surface area contributed by atoms with Gasteiger partial charge in [-0.2, -0.15) is 0 Å². The first kappa shape index (κ1) is 23.6. The minimum atomic E-state index is -0.535. The molecular weight excluding hydrogens is 552 g/mol. The SMILES string of the molecule is COC(=O)c1c(-c2ccc(Cl)cc2)csc1NC(=O)CSc1nnc(-c2ccc(Br)o2)n1C. The van der Waals surface area contributed by atoms with E-state index in [2.05, 4.69) is 31.4 Å². The highest BCUT2D eigenvalue weighted by molar-refractivity contribution is 9.10. The Morgan fingerprint density at radius 2 is 2.00 bits per heavy atom. The lowest BCUT2D eigenvalue weighted by Gasteiger charge is -2.08. The number of furan rings is 1. The predicted octanol–water partition coefficient (Wildman–Crippen LogP) is 5.74. The maximum atomic E-state index is 12.7. The van der Waals surface area contributed by atoms with Crippen molar-refractivity contribution in [1.82, 2.24) is 14.8 Å². The highest BCUT2D eigenvalue weighted by Gasteiger charge is 2.23. The second kappa shape index (κ2) is 10.1. The minimum Gasteiger partial charge on any atom is -0.465 e. The van der Waals surface area contributed by atoms with E-state index in [0.717, 1.165) is 5.56 Å². The number of nitrogens with one attached hydrogen (secondary N) is 1. The normalized spacial score (nSPS) is 10.9. The van der Waals surface area contributed by atoms with E-state index in [9.17, 15) is 9.59 Å². The third-order valence-electron chi connectivity index (χ3n) is 4.55. The molecule has 4 aromatic rings. The predicted molar refractivity (Wildman–Crippen MR) is 132 cm³/mol. The van der Waals surface area contributed by atoms with Crippen molar-refractivity contribution in [2.75, 3.05) is 18.2 Å². The molecule has 0 bridgehead atoms. The fourth-order valence-electron chi connectivity index (χ4n) is 2.98. The Morgan fingerprint density at radius 3 is 2.67 bits per heavy atom. The Hall–Kier alpha value is -2.60. The fourth-order valence-corrected chi connectivity index (χ4v) is 5.10. The van der Waals surface area contributed by atoms with Gasteiger partial charge in [-0.15, -0.1) is 21.5 Å². The molecule has 0 saturated carbocycles. The lowest BCUT2D eigenvalue weighted by molar-refractivity contribution is -0.113. The van der Waals surface area contributed by atoms with Gasteiger partial charge in [-0.05, 0) is 45.8 Å². The molecule has 3 heterocycles. The summed E-state index contributed by atoms with van der Waals surface area (Å²) in [5, 5.41) is 14.4. The van der Waals surface area contributed by atoms with Crippen molar-refractivity contribution >= 4 is 67.5 Å². The molecule has 0 saturated heterocycles. The molecule has 12 heteroatoms. The van der Waals surface area contributed by atoms with Crippen LogP contribution >= 0.6 is 50.6 Å². The first-order valence-electron chi connectivity index (χ1n) is 9.41. The average Bonchev–Trinajstić information content (AvgIpc) is 3.51. The number of amides is 1. The molecule has 0 radical (unpaired) electrons. The van der Waals surface area contributed by atoms with E-state index < -0.39 is 5.97 Å². The Kier molecular flexibility index (Phi) is 7.23. The number of aromatic nitrogens is 3. The number of nitrogens with zero attached hydrogens (tertiary/aromatic N) is 3. The van der Waals surface area contributed by atoms with Crippen LogP contribution in [0.4, 0.5) is 5.00 Å². The van der Waals surface area contributed by atoms with Crippen LogP contribution in [0.5, 0.6) is 0 Å². The van der Waals surface area contributed by atoms with Crippen molar-refractivity contribution in [1.29, 1.82) is 0 Å². The second-order valence-electron chi connectivity index (χ2n) is 6.66. The molecular formula is C21H16BrClN4O4S2. The summed E-state index contributed by atoms with van der Waals surface area (Å²) in [6.07, 6.45) is 0. The number of hydrogen-bond acceptors (Lipinski definition) is 8. The molecule has 0 atom stereocenters. The Morgan fingerprint density at radius 1 is 1.24 bits per heavy atom. The molecule has 33 heavy (non-hydrogen) atoms. The van der Waals surface area contributed by atoms with Crippen LogP contribution in [0.3, 0.4) is 0 Å². The number of ether oxygens (including phenoxy) is 1. The quantitative estimate of drug-likeness (QED) is 0.225. The van der Waals surface area contributed by atoms with E-state index in [1.54, 1.807) is 41.3 Å². The number of halogens is 2. The summed E-state index contributed by atoms with van der Waals surface area (Å²) in [7, 11) is 3.09. The molecule has 0 fully saturated rings. The number of carbonyl (C=O) groups is 2. The molecule has 1 amide bonds. The molecule has 0 aliphatic heterocycles. The first-order chi connectivity index (χ1) is 15.9. The summed E-state index contributed by atoms with van der Waals surface area (Å²) in [5.41, 5.74) is 1.75. The topological polar surface area (TPSA) is 99.2 Å². The molecule has 4 rings (SSSR count). The number of anilines is 1. The smallest absolute Gasteiger partial charge is 0.341 e. The summed E-state index contributed by atoms with van der Waals surface area (Å²) in [4.78, 5) is 25.1. The number of esters is 1. The number of benzene rings is 1. The molecule has 1 aromatic carbocycles. The molecule has 0 aliphatic rings. The van der Waals surface area contributed by atoms with E-state index >= 15 is 0 Å². The zero-order valence-electron chi connectivity index (χ0n) is 17.3. The zero-order chi connectivity index (χ0) is 23.5. The number of thioether (sulfide) groups is 1. The van der Waals surface area contributed by atoms with Gasteiger partial charge in [0.1, 0.15) is 10.6 Å². The first-order valence-corrected chi connectivity index (χ1v) is 12.4. The van der Waals surface area contributed by atoms with E-state index in [1.165, 1.54) is 30.2 Å². The van der Waals surface area contributed by atoms with Crippen molar-refractivity contribution in [3.8, 4) is 22.7 Å². The third kappa shape index (κ3) is 5.16. The standard InChI is InChI=1S/C21H16BrClN4O4S2/c1-27-18(14-7-8-15(22)31-14)25-26-21(27)33-10-16(28)24-19-17(20(29)30-2)13(9-32-19)11-3-5-12(23)6-4-11/h3-9H,10H2,1-2H3,(H,24,28). The molecule has 8 nitrogen and oxygen atoms in total. The summed E-state index contributed by atoms with van der Waals surface area (Å²) in [5.74, 6) is 0.348. The van der Waals surface area contributed by atoms with Crippen LogP contribution in [0.2, 0.25) is 5.02 Å². The summed E-state index contributed by atoms with van der Waals surface area (Å²) < 4.78 is 12.8. The van der Waals surface area contributed by atoms with E-state index in [0.29, 0.717) is 42.6 Å². The van der Waals surface area contributed by atoms with Crippen molar-refractivity contribution in [2.24, 2.45) is 7.05 Å². The summed E-state index contributed by atoms with van der Waals surface area (Å²) >= 11 is 11.7. The lowest BCUT2D eigenvalue weighted by atomic mass is 10.0. The van der Waals surface area contributed by atoms with Gasteiger partial charge in [-0.3, -0.25) is 4.79 Å². The maximum Gasteiger partial charge on any atom is 0.341 e. The molecule has 0 unspecified atom stereocenters. The summed E-state index contributed by atoms with van der Waals surface area (Å²) in [6, 6.07) is 10.6. The van der Waals surface area contributed by atoms with Crippen molar-refractivity contribution in [3.63, 3.8) is 0 Å². The molecule has 3 aromatic heterocycles. The van der Waals surface area contributed by atoms with Crippen LogP contribution in [0.15, 0.2) is 56.0 Å². The van der Waals surface area contributed by atoms with Gasteiger partial charge >= 0.3 is 5.97 Å². The van der Waals surface area contributed by atoms with E-state index in [-0.39, 0.29) is 11.7 Å². The number of methoxy groups -OCH3 is 1. The van der Waals surface area contributed by atoms with E-state index in [1.807, 2.05) is 12.1 Å². The van der Waals surface area contributed by atoms with Crippen LogP contribution in [0.25, 0.3) is 22.7 Å². The Bertz CT molecular complexity index is 1320. The van der Waals surface area contributed by atoms with Crippen molar-refractivity contribution in [3.05, 3.63) is 57.0 Å². The van der Waals surface area contributed by atoms with Gasteiger partial charge in [0.15, 0.2) is 21.4 Å². The van der Waals surface area contributed by atoms with Crippen molar-refractivity contribution in [2.45, 2.75) is 5.16 Å². The van der Waals surface area contributed by atoms with Gasteiger partial charge < -0.3 is 19.0 Å². The van der Waals surface area contributed by atoms with E-state index in [4.69, 9.17) is 20.8 Å². The van der Waals surface area contributed by atoms with Crippen LogP contribution in [-0.2, 0) is 16.6 Å². The van der Waals surface area contributed by atoms with Gasteiger partial charge in [0.25, 0.3) is 0 Å². The molecule has 1 N–H and O–H groups in total. The number of carbonyl (C=O) groups excluding carboxylic acids is 2. The number of rotatable bonds is 7. The molecule has 0 spiro atoms. The van der Waals surface area contributed by atoms with Gasteiger partial charge in [0.2, 0.25) is 5.91 Å². The highest BCUT2D eigenvalue weighted by atomic mass is 79.9. The summed E-state index contributed by atoms with van der Waals surface area (Å²) in [6.45, 7) is 0. The van der Waals surface area contributed by atoms with Gasteiger partial charge in [0.05, 0.1) is 12.9 Å². The highest BCUT2D eigenvalue weighted by Crippen LogP contribution is 2.37. The number of thiophene rings is 1. The van der Waals surface area contributed by atoms with Gasteiger partial charge in [0, 0.05) is 23.0 Å². The lowest BCUT2D eigenvalue weighted by Crippen LogP contribution is -2.16. The maximum absolute atomic E-state index is 12.7. The van der Waals surface area contributed by atoms with Crippen LogP contribution in [-0.4, -0.2) is 39.5 Å². The monoisotopic (exact) mass is 566 g/mol. The van der Waals surface area contributed by atoms with Gasteiger partial charge in [-0.1, -0.05) is 35.5 Å². The molecule has 0 aliphatic carbocycles. The largest absolute Gasteiger partial charge is 0.465 e. The van der Waals surface area contributed by atoms with Crippen LogP contribution < -0.4 is 5.32 Å².